The third-order valence-corrected chi connectivity index (χ3v) is 5.89. The van der Waals surface area contributed by atoms with Crippen LogP contribution in [-0.4, -0.2) is 29.6 Å². The molecule has 2 aromatic rings. The molecule has 146 valence electrons. The Balaban J connectivity index is 1.87. The van der Waals surface area contributed by atoms with Crippen LogP contribution in [-0.2, 0) is 9.19 Å². The summed E-state index contributed by atoms with van der Waals surface area (Å²) in [5.74, 6) is -0.0850. The van der Waals surface area contributed by atoms with Crippen LogP contribution in [0, 0.1) is 5.92 Å². The Morgan fingerprint density at radius 1 is 1.30 bits per heavy atom. The van der Waals surface area contributed by atoms with E-state index in [4.69, 9.17) is 4.74 Å². The number of aliphatic hydroxyl groups is 1. The van der Waals surface area contributed by atoms with Crippen molar-refractivity contribution in [2.45, 2.75) is 49.8 Å². The first-order valence-corrected chi connectivity index (χ1v) is 10.1. The molecule has 3 atom stereocenters. The van der Waals surface area contributed by atoms with Gasteiger partial charge in [0.05, 0.1) is 6.17 Å². The first-order chi connectivity index (χ1) is 12.7. The van der Waals surface area contributed by atoms with Crippen molar-refractivity contribution in [3.63, 3.8) is 0 Å². The summed E-state index contributed by atoms with van der Waals surface area (Å²) in [6.45, 7) is 5.48. The zero-order chi connectivity index (χ0) is 19.7. The van der Waals surface area contributed by atoms with E-state index >= 15 is 0 Å². The fraction of sp³-hybridized carbons (Fsp3) is 0.476. The van der Waals surface area contributed by atoms with Crippen LogP contribution in [0.2, 0.25) is 0 Å². The number of hydrogen-bond acceptors (Lipinski definition) is 4. The van der Waals surface area contributed by atoms with E-state index in [1.807, 2.05) is 39.0 Å². The van der Waals surface area contributed by atoms with Crippen LogP contribution >= 0.6 is 15.9 Å². The van der Waals surface area contributed by atoms with Crippen molar-refractivity contribution >= 4 is 32.8 Å². The van der Waals surface area contributed by atoms with Gasteiger partial charge in [-0.1, -0.05) is 58.4 Å². The maximum atomic E-state index is 12.3. The minimum absolute atomic E-state index is 0.00786. The average Bonchev–Trinajstić information content (AvgIpc) is 2.60. The maximum Gasteiger partial charge on any atom is 0.408 e. The fourth-order valence-corrected chi connectivity index (χ4v) is 4.38. The minimum Gasteiger partial charge on any atom is -0.444 e. The first-order valence-electron chi connectivity index (χ1n) is 9.27. The molecule has 3 N–H and O–H groups in total. The highest BCUT2D eigenvalue weighted by Crippen LogP contribution is 2.42. The quantitative estimate of drug-likeness (QED) is 0.499. The number of fused-ring (bicyclic) bond motifs is 1. The number of nitrogens with one attached hydrogen (secondary N) is 2. The summed E-state index contributed by atoms with van der Waals surface area (Å²) >= 11 is 3.89. The van der Waals surface area contributed by atoms with Crippen molar-refractivity contribution in [2.75, 3.05) is 6.61 Å². The van der Waals surface area contributed by atoms with E-state index < -0.39 is 22.3 Å². The van der Waals surface area contributed by atoms with Gasteiger partial charge in [0.25, 0.3) is 0 Å². The number of ether oxygens (including phenoxy) is 1. The molecule has 1 saturated heterocycles. The smallest absolute Gasteiger partial charge is 0.408 e. The topological polar surface area (TPSA) is 70.6 Å². The zero-order valence-corrected chi connectivity index (χ0v) is 17.5. The number of halogens is 1. The van der Waals surface area contributed by atoms with E-state index in [9.17, 15) is 9.90 Å². The number of carbonyl (C=O) groups excluding carboxylic acids is 1. The highest BCUT2D eigenvalue weighted by atomic mass is 79.9. The van der Waals surface area contributed by atoms with E-state index in [2.05, 4.69) is 50.8 Å². The van der Waals surface area contributed by atoms with Gasteiger partial charge in [0, 0.05) is 12.5 Å². The molecule has 1 aliphatic rings. The number of rotatable bonds is 3. The van der Waals surface area contributed by atoms with Gasteiger partial charge >= 0.3 is 6.09 Å². The van der Waals surface area contributed by atoms with Crippen LogP contribution < -0.4 is 10.6 Å². The summed E-state index contributed by atoms with van der Waals surface area (Å²) in [5.41, 5.74) is 0.544. The van der Waals surface area contributed by atoms with Crippen molar-refractivity contribution < 1.29 is 14.6 Å². The first kappa shape index (κ1) is 20.1. The van der Waals surface area contributed by atoms with Crippen LogP contribution in [0.3, 0.4) is 0 Å². The van der Waals surface area contributed by atoms with Gasteiger partial charge in [0.1, 0.15) is 10.0 Å². The average molecular weight is 435 g/mol. The number of benzene rings is 2. The van der Waals surface area contributed by atoms with Crippen LogP contribution in [0.4, 0.5) is 4.79 Å². The highest BCUT2D eigenvalue weighted by molar-refractivity contribution is 9.09. The Bertz CT molecular complexity index is 815. The van der Waals surface area contributed by atoms with Gasteiger partial charge < -0.3 is 15.2 Å². The summed E-state index contributed by atoms with van der Waals surface area (Å²) in [6, 6.07) is 14.5. The molecule has 1 heterocycles. The summed E-state index contributed by atoms with van der Waals surface area (Å²) in [7, 11) is 0. The van der Waals surface area contributed by atoms with Gasteiger partial charge in [-0.25, -0.2) is 4.79 Å². The van der Waals surface area contributed by atoms with Gasteiger partial charge in [-0.15, -0.1) is 0 Å². The molecule has 27 heavy (non-hydrogen) atoms. The van der Waals surface area contributed by atoms with E-state index in [-0.39, 0.29) is 12.5 Å². The molecule has 3 rings (SSSR count). The molecule has 0 saturated carbocycles. The molecular formula is C21H27BrN2O3. The van der Waals surface area contributed by atoms with Gasteiger partial charge in [-0.2, -0.15) is 0 Å². The van der Waals surface area contributed by atoms with Crippen LogP contribution in [0.5, 0.6) is 0 Å². The molecule has 1 fully saturated rings. The van der Waals surface area contributed by atoms with Crippen molar-refractivity contribution in [3.05, 3.63) is 48.0 Å². The number of alkyl halides is 1. The SMILES string of the molecule is CC(C)(C)OC(=O)NC1NC(Br)(c2cccc3ccccc23)CCC1CO. The number of aliphatic hydroxyl groups excluding tert-OH is 1. The van der Waals surface area contributed by atoms with Crippen LogP contribution in [0.15, 0.2) is 42.5 Å². The third kappa shape index (κ3) is 4.62. The molecule has 1 amide bonds. The molecule has 0 aliphatic carbocycles. The van der Waals surface area contributed by atoms with Gasteiger partial charge in [-0.05, 0) is 49.9 Å². The summed E-state index contributed by atoms with van der Waals surface area (Å²) < 4.78 is 4.89. The molecule has 6 heteroatoms. The van der Waals surface area contributed by atoms with E-state index in [1.54, 1.807) is 0 Å². The van der Waals surface area contributed by atoms with E-state index in [0.717, 1.165) is 29.2 Å². The van der Waals surface area contributed by atoms with E-state index in [0.29, 0.717) is 0 Å². The number of carbonyl (C=O) groups is 1. The number of alkyl carbamates (subject to hydrolysis) is 1. The minimum atomic E-state index is -0.575. The zero-order valence-electron chi connectivity index (χ0n) is 16.0. The van der Waals surface area contributed by atoms with Gasteiger partial charge in [0.15, 0.2) is 0 Å². The van der Waals surface area contributed by atoms with Gasteiger partial charge in [0.2, 0.25) is 0 Å². The molecular weight excluding hydrogens is 408 g/mol. The monoisotopic (exact) mass is 434 g/mol. The predicted octanol–water partition coefficient (Wildman–Crippen LogP) is 4.23. The van der Waals surface area contributed by atoms with Crippen molar-refractivity contribution in [2.24, 2.45) is 5.92 Å². The van der Waals surface area contributed by atoms with Crippen LogP contribution in [0.25, 0.3) is 10.8 Å². The summed E-state index contributed by atoms with van der Waals surface area (Å²) in [5, 5.41) is 18.5. The second kappa shape index (κ2) is 7.78. The van der Waals surface area contributed by atoms with Gasteiger partial charge in [-0.3, -0.25) is 5.32 Å². The molecule has 5 nitrogen and oxygen atoms in total. The number of hydrogen-bond donors (Lipinski definition) is 3. The lowest BCUT2D eigenvalue weighted by Gasteiger charge is -2.43. The standard InChI is InChI=1S/C21H27BrN2O3/c1-20(2,3)27-19(26)23-18-15(13-25)11-12-21(22,24-18)17-10-6-8-14-7-4-5-9-16(14)17/h4-10,15,18,24-25H,11-13H2,1-3H3,(H,23,26). The molecule has 0 aromatic heterocycles. The normalized spacial score (nSPS) is 26.0. The van der Waals surface area contributed by atoms with Crippen molar-refractivity contribution in [1.82, 2.24) is 10.6 Å². The fourth-order valence-electron chi connectivity index (χ4n) is 3.56. The Kier molecular flexibility index (Phi) is 5.79. The second-order valence-electron chi connectivity index (χ2n) is 8.08. The number of piperidine rings is 1. The van der Waals surface area contributed by atoms with E-state index in [1.165, 1.54) is 0 Å². The Hall–Kier alpha value is -1.63. The summed E-state index contributed by atoms with van der Waals surface area (Å²) in [4.78, 5) is 12.3. The molecule has 0 spiro atoms. The highest BCUT2D eigenvalue weighted by Gasteiger charge is 2.41. The molecule has 0 radical (unpaired) electrons. The maximum absolute atomic E-state index is 12.3. The van der Waals surface area contributed by atoms with Crippen LogP contribution in [0.1, 0.15) is 39.2 Å². The number of amides is 1. The van der Waals surface area contributed by atoms with Crippen molar-refractivity contribution in [3.8, 4) is 0 Å². The summed E-state index contributed by atoms with van der Waals surface area (Å²) in [6.07, 6.45) is 0.655. The predicted molar refractivity (Wildman–Crippen MR) is 111 cm³/mol. The Morgan fingerprint density at radius 3 is 2.70 bits per heavy atom. The Morgan fingerprint density at radius 2 is 2.00 bits per heavy atom. The molecule has 1 aliphatic heterocycles. The second-order valence-corrected chi connectivity index (χ2v) is 9.43. The molecule has 3 unspecified atom stereocenters. The molecule has 2 aromatic carbocycles. The lowest BCUT2D eigenvalue weighted by atomic mass is 9.87. The lowest BCUT2D eigenvalue weighted by molar-refractivity contribution is 0.0395. The van der Waals surface area contributed by atoms with Crippen molar-refractivity contribution in [1.29, 1.82) is 0 Å². The Labute approximate surface area is 168 Å². The third-order valence-electron chi connectivity index (χ3n) is 4.84. The largest absolute Gasteiger partial charge is 0.444 e. The lowest BCUT2D eigenvalue weighted by Crippen LogP contribution is -2.60. The molecule has 0 bridgehead atoms.